The minimum Gasteiger partial charge on any atom is -0.101 e. The smallest absolute Gasteiger partial charge is 0.101 e. The Balaban J connectivity index is 1.47. The highest BCUT2D eigenvalue weighted by Crippen LogP contribution is 2.44. The van der Waals surface area contributed by atoms with Gasteiger partial charge >= 0.3 is 0 Å². The van der Waals surface area contributed by atoms with Crippen LogP contribution in [0.25, 0.3) is 87.2 Å². The lowest BCUT2D eigenvalue weighted by molar-refractivity contribution is 1.66. The number of benzene rings is 9. The molecule has 4 heteroatoms. The van der Waals surface area contributed by atoms with Crippen LogP contribution in [0, 0.1) is 0 Å². The van der Waals surface area contributed by atoms with E-state index < -0.39 is 0 Å². The second kappa shape index (κ2) is 11.1. The first-order valence-electron chi connectivity index (χ1n) is 16.9. The molecule has 9 rings (SSSR count). The van der Waals surface area contributed by atoms with Gasteiger partial charge in [0.05, 0.1) is 0 Å². The Labute approximate surface area is 285 Å². The van der Waals surface area contributed by atoms with Gasteiger partial charge in [0.15, 0.2) is 0 Å². The molecule has 0 saturated carbocycles. The summed E-state index contributed by atoms with van der Waals surface area (Å²) in [6.07, 6.45) is 0. The van der Waals surface area contributed by atoms with Gasteiger partial charge in [-0.25, -0.2) is 0 Å². The van der Waals surface area contributed by atoms with Crippen LogP contribution >= 0.6 is 0 Å². The molecule has 0 aliphatic heterocycles. The van der Waals surface area contributed by atoms with Crippen molar-refractivity contribution < 1.29 is 0 Å². The average molecular weight is 604 g/mol. The Kier molecular flexibility index (Phi) is 6.63. The van der Waals surface area contributed by atoms with Gasteiger partial charge in [-0.2, -0.15) is 0 Å². The largest absolute Gasteiger partial charge is 0.139 e. The van der Waals surface area contributed by atoms with Gasteiger partial charge in [-0.15, -0.1) is 10.9 Å². The maximum Gasteiger partial charge on any atom is 0.139 e. The highest BCUT2D eigenvalue weighted by Gasteiger charge is 2.22. The van der Waals surface area contributed by atoms with Gasteiger partial charge in [0.2, 0.25) is 0 Å². The Morgan fingerprint density at radius 1 is 0.271 bits per heavy atom. The van der Waals surface area contributed by atoms with Gasteiger partial charge in [-0.1, -0.05) is 132 Å². The zero-order valence-electron chi connectivity index (χ0n) is 27.9. The van der Waals surface area contributed by atoms with E-state index in [4.69, 9.17) is 0 Å². The summed E-state index contributed by atoms with van der Waals surface area (Å²) in [6, 6.07) is 54.1. The van der Waals surface area contributed by atoms with Crippen molar-refractivity contribution in [3.05, 3.63) is 146 Å². The molecule has 0 saturated heterocycles. The van der Waals surface area contributed by atoms with Crippen LogP contribution < -0.4 is 21.9 Å². The maximum atomic E-state index is 2.46. The average Bonchev–Trinajstić information content (AvgIpc) is 3.14. The van der Waals surface area contributed by atoms with Crippen molar-refractivity contribution in [2.45, 2.75) is 0 Å². The highest BCUT2D eigenvalue weighted by molar-refractivity contribution is 6.68. The number of rotatable bonds is 3. The second-order valence-electron chi connectivity index (χ2n) is 13.4. The Hall–Kier alpha value is -5.46. The normalized spacial score (nSPS) is 11.7. The standard InChI is InChI=1S/C44H32B4/c45-41-39-37(33-17-14-26-8-2-5-11-29(26)22-33)35-20-19-32(31-16-13-25-7-1-4-10-28(25)21-31)24-36(35)38(40(39)42(46)44(48)43(41)47)34-18-15-27-9-3-6-12-30(27)23-34/h1-24H,45-48H2. The third-order valence-electron chi connectivity index (χ3n) is 10.9. The SMILES string of the molecule is Bc1c(B)c(B)c2c(-c3ccc4ccccc4c3)c3cc(-c4ccc5ccccc5c4)ccc3c(-c3ccc4ccccc4c3)c2c1B. The lowest BCUT2D eigenvalue weighted by atomic mass is 9.62. The summed E-state index contributed by atoms with van der Waals surface area (Å²) in [4.78, 5) is 0. The summed E-state index contributed by atoms with van der Waals surface area (Å²) in [5, 5.41) is 12.9. The van der Waals surface area contributed by atoms with Crippen molar-refractivity contribution >= 4 is 107 Å². The zero-order chi connectivity index (χ0) is 32.5. The van der Waals surface area contributed by atoms with Crippen LogP contribution in [0.5, 0.6) is 0 Å². The van der Waals surface area contributed by atoms with E-state index in [-0.39, 0.29) is 0 Å². The molecule has 9 aromatic rings. The van der Waals surface area contributed by atoms with Crippen LogP contribution in [0.2, 0.25) is 0 Å². The van der Waals surface area contributed by atoms with E-state index in [1.54, 1.807) is 0 Å². The summed E-state index contributed by atoms with van der Waals surface area (Å²) >= 11 is 0. The zero-order valence-corrected chi connectivity index (χ0v) is 27.9. The third-order valence-corrected chi connectivity index (χ3v) is 10.9. The molecule has 0 heterocycles. The monoisotopic (exact) mass is 604 g/mol. The van der Waals surface area contributed by atoms with E-state index >= 15 is 0 Å². The Bertz CT molecular complexity index is 2780. The van der Waals surface area contributed by atoms with E-state index in [0.717, 1.165) is 0 Å². The van der Waals surface area contributed by atoms with Gasteiger partial charge < -0.3 is 0 Å². The molecule has 0 aliphatic rings. The molecule has 0 unspecified atom stereocenters. The molecule has 0 aliphatic carbocycles. The van der Waals surface area contributed by atoms with Crippen LogP contribution in [-0.2, 0) is 0 Å². The fourth-order valence-corrected chi connectivity index (χ4v) is 8.01. The molecule has 0 nitrogen and oxygen atoms in total. The van der Waals surface area contributed by atoms with E-state index in [2.05, 4.69) is 177 Å². The number of hydrogen-bond acceptors (Lipinski definition) is 0. The van der Waals surface area contributed by atoms with E-state index in [1.807, 2.05) is 0 Å². The lowest BCUT2D eigenvalue weighted by Crippen LogP contribution is -2.48. The van der Waals surface area contributed by atoms with Crippen molar-refractivity contribution in [3.63, 3.8) is 0 Å². The predicted molar refractivity (Wildman–Crippen MR) is 223 cm³/mol. The van der Waals surface area contributed by atoms with Gasteiger partial charge in [-0.05, 0) is 112 Å². The lowest BCUT2D eigenvalue weighted by Gasteiger charge is -2.25. The van der Waals surface area contributed by atoms with Gasteiger partial charge in [0.25, 0.3) is 0 Å². The van der Waals surface area contributed by atoms with E-state index in [1.165, 1.54) is 109 Å². The summed E-state index contributed by atoms with van der Waals surface area (Å²) in [7, 11) is 9.25. The molecule has 9 aromatic carbocycles. The van der Waals surface area contributed by atoms with Crippen molar-refractivity contribution in [3.8, 4) is 33.4 Å². The van der Waals surface area contributed by atoms with Crippen LogP contribution in [0.1, 0.15) is 0 Å². The predicted octanol–water partition coefficient (Wildman–Crippen LogP) is 5.49. The molecule has 220 valence electrons. The Morgan fingerprint density at radius 2 is 0.625 bits per heavy atom. The van der Waals surface area contributed by atoms with Crippen molar-refractivity contribution in [1.29, 1.82) is 0 Å². The molecule has 0 spiro atoms. The fraction of sp³-hybridized carbons (Fsp3) is 0. The first-order chi connectivity index (χ1) is 23.5. The molecule has 0 radical (unpaired) electrons. The van der Waals surface area contributed by atoms with Crippen LogP contribution in [0.15, 0.2) is 146 Å². The molecule has 0 fully saturated rings. The fourth-order valence-electron chi connectivity index (χ4n) is 8.01. The minimum atomic E-state index is 1.23. The summed E-state index contributed by atoms with van der Waals surface area (Å²) < 4.78 is 0. The molecule has 0 N–H and O–H groups in total. The van der Waals surface area contributed by atoms with E-state index in [0.29, 0.717) is 0 Å². The Morgan fingerprint density at radius 3 is 1.10 bits per heavy atom. The van der Waals surface area contributed by atoms with Crippen molar-refractivity contribution in [1.82, 2.24) is 0 Å². The topological polar surface area (TPSA) is 0 Å². The number of hydrogen-bond donors (Lipinski definition) is 0. The molecular weight excluding hydrogens is 572 g/mol. The molecule has 0 aromatic heterocycles. The van der Waals surface area contributed by atoms with Crippen LogP contribution in [0.3, 0.4) is 0 Å². The third kappa shape index (κ3) is 4.44. The first-order valence-corrected chi connectivity index (χ1v) is 16.9. The number of fused-ring (bicyclic) bond motifs is 5. The minimum absolute atomic E-state index is 1.23. The van der Waals surface area contributed by atoms with Gasteiger partial charge in [0.1, 0.15) is 31.4 Å². The maximum absolute atomic E-state index is 2.46. The molecule has 0 amide bonds. The van der Waals surface area contributed by atoms with Crippen molar-refractivity contribution in [2.75, 3.05) is 0 Å². The van der Waals surface area contributed by atoms with Crippen LogP contribution in [0.4, 0.5) is 0 Å². The van der Waals surface area contributed by atoms with Crippen LogP contribution in [-0.4, -0.2) is 31.4 Å². The van der Waals surface area contributed by atoms with Gasteiger partial charge in [-0.3, -0.25) is 0 Å². The summed E-state index contributed by atoms with van der Waals surface area (Å²) in [5.74, 6) is 0. The quantitative estimate of drug-likeness (QED) is 0.185. The van der Waals surface area contributed by atoms with Crippen molar-refractivity contribution in [2.24, 2.45) is 0 Å². The van der Waals surface area contributed by atoms with E-state index in [9.17, 15) is 0 Å². The first kappa shape index (κ1) is 28.7. The van der Waals surface area contributed by atoms with Gasteiger partial charge in [0, 0.05) is 0 Å². The molecule has 0 atom stereocenters. The molecule has 0 bridgehead atoms. The molecule has 48 heavy (non-hydrogen) atoms. The summed E-state index contributed by atoms with van der Waals surface area (Å²) in [6.45, 7) is 0. The summed E-state index contributed by atoms with van der Waals surface area (Å²) in [5.41, 5.74) is 13.1. The highest BCUT2D eigenvalue weighted by atomic mass is 14.2. The second-order valence-corrected chi connectivity index (χ2v) is 13.4. The molecular formula is C44H32B4.